The summed E-state index contributed by atoms with van der Waals surface area (Å²) < 4.78 is 6.94. The van der Waals surface area contributed by atoms with E-state index in [2.05, 4.69) is 20.8 Å². The van der Waals surface area contributed by atoms with E-state index in [1.54, 1.807) is 0 Å². The van der Waals surface area contributed by atoms with Crippen molar-refractivity contribution in [1.82, 2.24) is 4.90 Å². The number of halogens is 1. The van der Waals surface area contributed by atoms with Gasteiger partial charge in [-0.1, -0.05) is 22.0 Å². The van der Waals surface area contributed by atoms with Gasteiger partial charge in [0.1, 0.15) is 5.75 Å². The molecule has 106 valence electrons. The molecule has 1 aliphatic rings. The van der Waals surface area contributed by atoms with Crippen molar-refractivity contribution in [1.29, 1.82) is 0 Å². The van der Waals surface area contributed by atoms with Crippen LogP contribution in [0.5, 0.6) is 5.75 Å². The second kappa shape index (κ2) is 7.27. The molecular weight excluding hydrogens is 304 g/mol. The molecule has 1 atom stereocenters. The fourth-order valence-corrected chi connectivity index (χ4v) is 2.83. The summed E-state index contributed by atoms with van der Waals surface area (Å²) in [6.45, 7) is 6.39. The number of ether oxygens (including phenoxy) is 1. The van der Waals surface area contributed by atoms with Gasteiger partial charge in [-0.05, 0) is 51.4 Å². The van der Waals surface area contributed by atoms with Gasteiger partial charge in [0.15, 0.2) is 0 Å². The van der Waals surface area contributed by atoms with Crippen molar-refractivity contribution in [2.45, 2.75) is 32.2 Å². The van der Waals surface area contributed by atoms with Crippen LogP contribution in [0.25, 0.3) is 0 Å². The van der Waals surface area contributed by atoms with Crippen molar-refractivity contribution in [2.75, 3.05) is 26.2 Å². The maximum atomic E-state index is 5.96. The zero-order valence-electron chi connectivity index (χ0n) is 11.6. The molecule has 1 heterocycles. The normalized spacial score (nSPS) is 17.6. The molecule has 1 fully saturated rings. The first-order valence-electron chi connectivity index (χ1n) is 7.07. The minimum absolute atomic E-state index is 0.00156. The van der Waals surface area contributed by atoms with Crippen LogP contribution in [-0.2, 0) is 0 Å². The van der Waals surface area contributed by atoms with Gasteiger partial charge in [-0.25, -0.2) is 0 Å². The SMILES string of the molecule is C[C@H](N)c1ccc(Br)cc1OCCCN1CCCC1. The molecule has 1 aliphatic heterocycles. The number of hydrogen-bond acceptors (Lipinski definition) is 3. The van der Waals surface area contributed by atoms with Crippen LogP contribution in [0.1, 0.15) is 37.8 Å². The Bertz CT molecular complexity index is 403. The Kier molecular flexibility index (Phi) is 5.67. The lowest BCUT2D eigenvalue weighted by molar-refractivity contribution is 0.261. The molecule has 0 radical (unpaired) electrons. The smallest absolute Gasteiger partial charge is 0.125 e. The lowest BCUT2D eigenvalue weighted by Crippen LogP contribution is -2.22. The van der Waals surface area contributed by atoms with Gasteiger partial charge in [-0.15, -0.1) is 0 Å². The van der Waals surface area contributed by atoms with Crippen molar-refractivity contribution in [3.05, 3.63) is 28.2 Å². The standard InChI is InChI=1S/C15H23BrN2O/c1-12(17)14-6-5-13(16)11-15(14)19-10-4-9-18-7-2-3-8-18/h5-6,11-12H,2-4,7-10,17H2,1H3/t12-/m0/s1. The van der Waals surface area contributed by atoms with Crippen LogP contribution in [-0.4, -0.2) is 31.1 Å². The molecule has 4 heteroatoms. The molecule has 0 saturated carbocycles. The zero-order chi connectivity index (χ0) is 13.7. The van der Waals surface area contributed by atoms with E-state index in [4.69, 9.17) is 10.5 Å². The predicted octanol–water partition coefficient (Wildman–Crippen LogP) is 3.33. The van der Waals surface area contributed by atoms with E-state index >= 15 is 0 Å². The van der Waals surface area contributed by atoms with Crippen molar-refractivity contribution in [3.63, 3.8) is 0 Å². The minimum Gasteiger partial charge on any atom is -0.493 e. The summed E-state index contributed by atoms with van der Waals surface area (Å²) in [5.41, 5.74) is 7.04. The van der Waals surface area contributed by atoms with Gasteiger partial charge in [-0.3, -0.25) is 0 Å². The van der Waals surface area contributed by atoms with Crippen LogP contribution in [0.4, 0.5) is 0 Å². The minimum atomic E-state index is 0.00156. The number of likely N-dealkylation sites (tertiary alicyclic amines) is 1. The van der Waals surface area contributed by atoms with Gasteiger partial charge in [0.2, 0.25) is 0 Å². The lowest BCUT2D eigenvalue weighted by atomic mass is 10.1. The van der Waals surface area contributed by atoms with E-state index in [9.17, 15) is 0 Å². The topological polar surface area (TPSA) is 38.5 Å². The van der Waals surface area contributed by atoms with E-state index in [1.807, 2.05) is 25.1 Å². The van der Waals surface area contributed by atoms with Gasteiger partial charge in [0.05, 0.1) is 6.61 Å². The van der Waals surface area contributed by atoms with Crippen molar-refractivity contribution >= 4 is 15.9 Å². The molecule has 0 bridgehead atoms. The summed E-state index contributed by atoms with van der Waals surface area (Å²) in [5.74, 6) is 0.908. The maximum absolute atomic E-state index is 5.96. The fraction of sp³-hybridized carbons (Fsp3) is 0.600. The molecule has 0 unspecified atom stereocenters. The van der Waals surface area contributed by atoms with Gasteiger partial charge < -0.3 is 15.4 Å². The number of nitrogens with two attached hydrogens (primary N) is 1. The van der Waals surface area contributed by atoms with Crippen LogP contribution in [0.2, 0.25) is 0 Å². The Morgan fingerprint density at radius 3 is 2.79 bits per heavy atom. The first kappa shape index (κ1) is 14.8. The molecule has 1 saturated heterocycles. The van der Waals surface area contributed by atoms with Gasteiger partial charge in [0, 0.05) is 22.6 Å². The number of hydrogen-bond donors (Lipinski definition) is 1. The summed E-state index contributed by atoms with van der Waals surface area (Å²) >= 11 is 3.48. The fourth-order valence-electron chi connectivity index (χ4n) is 2.49. The first-order chi connectivity index (χ1) is 9.16. The molecule has 19 heavy (non-hydrogen) atoms. The highest BCUT2D eigenvalue weighted by Gasteiger charge is 2.11. The van der Waals surface area contributed by atoms with Crippen LogP contribution in [0.3, 0.4) is 0 Å². The van der Waals surface area contributed by atoms with E-state index < -0.39 is 0 Å². The summed E-state index contributed by atoms with van der Waals surface area (Å²) in [4.78, 5) is 2.51. The maximum Gasteiger partial charge on any atom is 0.125 e. The molecular formula is C15H23BrN2O. The average molecular weight is 327 g/mol. The molecule has 1 aromatic rings. The van der Waals surface area contributed by atoms with Gasteiger partial charge in [-0.2, -0.15) is 0 Å². The summed E-state index contributed by atoms with van der Waals surface area (Å²) in [6.07, 6.45) is 3.77. The summed E-state index contributed by atoms with van der Waals surface area (Å²) in [6, 6.07) is 6.05. The highest BCUT2D eigenvalue weighted by atomic mass is 79.9. The van der Waals surface area contributed by atoms with Crippen LogP contribution in [0, 0.1) is 0 Å². The number of nitrogens with zero attached hydrogens (tertiary/aromatic N) is 1. The van der Waals surface area contributed by atoms with Crippen molar-refractivity contribution < 1.29 is 4.74 Å². The second-order valence-electron chi connectivity index (χ2n) is 5.22. The monoisotopic (exact) mass is 326 g/mol. The van der Waals surface area contributed by atoms with Gasteiger partial charge in [0.25, 0.3) is 0 Å². The zero-order valence-corrected chi connectivity index (χ0v) is 13.2. The van der Waals surface area contributed by atoms with Crippen molar-refractivity contribution in [3.8, 4) is 5.75 Å². The van der Waals surface area contributed by atoms with Crippen LogP contribution < -0.4 is 10.5 Å². The molecule has 1 aromatic carbocycles. The molecule has 2 N–H and O–H groups in total. The third-order valence-electron chi connectivity index (χ3n) is 3.54. The highest BCUT2D eigenvalue weighted by molar-refractivity contribution is 9.10. The number of rotatable bonds is 6. The second-order valence-corrected chi connectivity index (χ2v) is 6.14. The third-order valence-corrected chi connectivity index (χ3v) is 4.03. The summed E-state index contributed by atoms with van der Waals surface area (Å²) in [5, 5.41) is 0. The predicted molar refractivity (Wildman–Crippen MR) is 82.5 cm³/mol. The van der Waals surface area contributed by atoms with Gasteiger partial charge >= 0.3 is 0 Å². The molecule has 0 aromatic heterocycles. The molecule has 3 nitrogen and oxygen atoms in total. The molecule has 2 rings (SSSR count). The van der Waals surface area contributed by atoms with E-state index in [0.29, 0.717) is 0 Å². The quantitative estimate of drug-likeness (QED) is 0.815. The van der Waals surface area contributed by atoms with E-state index in [-0.39, 0.29) is 6.04 Å². The Morgan fingerprint density at radius 2 is 2.11 bits per heavy atom. The third kappa shape index (κ3) is 4.48. The first-order valence-corrected chi connectivity index (χ1v) is 7.86. The lowest BCUT2D eigenvalue weighted by Gasteiger charge is -2.17. The Morgan fingerprint density at radius 1 is 1.37 bits per heavy atom. The van der Waals surface area contributed by atoms with E-state index in [1.165, 1.54) is 25.9 Å². The van der Waals surface area contributed by atoms with Crippen LogP contribution in [0.15, 0.2) is 22.7 Å². The highest BCUT2D eigenvalue weighted by Crippen LogP contribution is 2.27. The Hall–Kier alpha value is -0.580. The van der Waals surface area contributed by atoms with Crippen molar-refractivity contribution in [2.24, 2.45) is 5.73 Å². The Balaban J connectivity index is 1.82. The largest absolute Gasteiger partial charge is 0.493 e. The molecule has 0 amide bonds. The molecule has 0 aliphatic carbocycles. The van der Waals surface area contributed by atoms with E-state index in [0.717, 1.165) is 35.4 Å². The number of benzene rings is 1. The average Bonchev–Trinajstić information content (AvgIpc) is 2.87. The van der Waals surface area contributed by atoms with Crippen LogP contribution >= 0.6 is 15.9 Å². The molecule has 0 spiro atoms. The summed E-state index contributed by atoms with van der Waals surface area (Å²) in [7, 11) is 0. The Labute approximate surface area is 124 Å².